The second-order valence-electron chi connectivity index (χ2n) is 8.15. The van der Waals surface area contributed by atoms with Crippen LogP contribution in [0.5, 0.6) is 5.75 Å². The van der Waals surface area contributed by atoms with Crippen LogP contribution in [0.2, 0.25) is 5.02 Å². The second-order valence-corrected chi connectivity index (χ2v) is 11.0. The van der Waals surface area contributed by atoms with E-state index in [2.05, 4.69) is 26.2 Å². The van der Waals surface area contributed by atoms with Gasteiger partial charge in [0.25, 0.3) is 10.0 Å². The molecule has 176 valence electrons. The SMILES string of the molecule is NC1CCC(CCOc2cc(F)c(S(=O)(=O)Nc3ncns3)cc2Cl)(c2ccccc2)CC1. The first kappa shape index (κ1) is 23.9. The number of halogens is 2. The highest BCUT2D eigenvalue weighted by Gasteiger charge is 2.36. The van der Waals surface area contributed by atoms with Crippen LogP contribution in [-0.4, -0.2) is 30.4 Å². The van der Waals surface area contributed by atoms with E-state index >= 15 is 0 Å². The summed E-state index contributed by atoms with van der Waals surface area (Å²) < 4.78 is 51.5. The Balaban J connectivity index is 1.48. The Bertz CT molecular complexity index is 1190. The first-order valence-corrected chi connectivity index (χ1v) is 13.1. The van der Waals surface area contributed by atoms with Gasteiger partial charge >= 0.3 is 0 Å². The molecule has 7 nitrogen and oxygen atoms in total. The molecule has 1 saturated carbocycles. The molecule has 0 radical (unpaired) electrons. The molecule has 33 heavy (non-hydrogen) atoms. The van der Waals surface area contributed by atoms with E-state index in [4.69, 9.17) is 22.1 Å². The van der Waals surface area contributed by atoms with Crippen molar-refractivity contribution in [3.05, 3.63) is 65.2 Å². The first-order chi connectivity index (χ1) is 15.8. The van der Waals surface area contributed by atoms with Crippen LogP contribution < -0.4 is 15.2 Å². The number of hydrogen-bond acceptors (Lipinski definition) is 7. The lowest BCUT2D eigenvalue weighted by Crippen LogP contribution is -2.38. The van der Waals surface area contributed by atoms with Gasteiger partial charge in [-0.05, 0) is 49.1 Å². The average molecular weight is 511 g/mol. The molecule has 0 amide bonds. The van der Waals surface area contributed by atoms with Gasteiger partial charge in [0.1, 0.15) is 22.8 Å². The van der Waals surface area contributed by atoms with Crippen LogP contribution in [0, 0.1) is 5.82 Å². The minimum Gasteiger partial charge on any atom is -0.492 e. The number of nitrogens with zero attached hydrogens (tertiary/aromatic N) is 2. The molecule has 3 N–H and O–H groups in total. The zero-order chi connectivity index (χ0) is 23.5. The van der Waals surface area contributed by atoms with Crippen molar-refractivity contribution in [1.29, 1.82) is 0 Å². The Morgan fingerprint density at radius 1 is 1.24 bits per heavy atom. The Morgan fingerprint density at radius 3 is 2.64 bits per heavy atom. The van der Waals surface area contributed by atoms with Gasteiger partial charge in [0.05, 0.1) is 11.6 Å². The second kappa shape index (κ2) is 9.92. The molecule has 0 aliphatic heterocycles. The van der Waals surface area contributed by atoms with Gasteiger partial charge in [-0.15, -0.1) is 0 Å². The number of nitrogens with two attached hydrogens (primary N) is 1. The van der Waals surface area contributed by atoms with Crippen molar-refractivity contribution in [3.8, 4) is 5.75 Å². The summed E-state index contributed by atoms with van der Waals surface area (Å²) >= 11 is 7.10. The molecule has 3 aromatic rings. The van der Waals surface area contributed by atoms with Crippen molar-refractivity contribution in [2.75, 3.05) is 11.3 Å². The number of ether oxygens (including phenoxy) is 1. The van der Waals surface area contributed by atoms with Gasteiger partial charge in [0.15, 0.2) is 0 Å². The van der Waals surface area contributed by atoms with Crippen LogP contribution in [-0.2, 0) is 15.4 Å². The van der Waals surface area contributed by atoms with Crippen molar-refractivity contribution < 1.29 is 17.5 Å². The van der Waals surface area contributed by atoms with Gasteiger partial charge in [-0.3, -0.25) is 4.72 Å². The molecule has 1 aliphatic rings. The number of anilines is 1. The molecule has 1 aromatic heterocycles. The molecule has 1 fully saturated rings. The predicted molar refractivity (Wildman–Crippen MR) is 127 cm³/mol. The zero-order valence-corrected chi connectivity index (χ0v) is 20.1. The maximum Gasteiger partial charge on any atom is 0.266 e. The van der Waals surface area contributed by atoms with Crippen LogP contribution in [0.15, 0.2) is 53.7 Å². The Morgan fingerprint density at radius 2 is 1.97 bits per heavy atom. The first-order valence-electron chi connectivity index (χ1n) is 10.5. The lowest BCUT2D eigenvalue weighted by Gasteiger charge is -2.40. The van der Waals surface area contributed by atoms with Crippen molar-refractivity contribution in [2.45, 2.75) is 48.5 Å². The predicted octanol–water partition coefficient (Wildman–Crippen LogP) is 4.74. The molecule has 0 saturated heterocycles. The molecule has 0 spiro atoms. The lowest BCUT2D eigenvalue weighted by atomic mass is 9.66. The number of benzene rings is 2. The summed E-state index contributed by atoms with van der Waals surface area (Å²) in [6.45, 7) is 0.304. The molecule has 2 aromatic carbocycles. The third-order valence-electron chi connectivity index (χ3n) is 6.07. The van der Waals surface area contributed by atoms with E-state index in [1.54, 1.807) is 0 Å². The average Bonchev–Trinajstić information content (AvgIpc) is 3.30. The number of hydrogen-bond donors (Lipinski definition) is 2. The van der Waals surface area contributed by atoms with Crippen LogP contribution in [0.3, 0.4) is 0 Å². The van der Waals surface area contributed by atoms with E-state index in [0.29, 0.717) is 13.0 Å². The van der Waals surface area contributed by atoms with E-state index in [9.17, 15) is 12.8 Å². The summed E-state index contributed by atoms with van der Waals surface area (Å²) in [7, 11) is -4.21. The van der Waals surface area contributed by atoms with Crippen LogP contribution in [0.4, 0.5) is 9.52 Å². The molecule has 1 aliphatic carbocycles. The van der Waals surface area contributed by atoms with Gasteiger partial charge in [0, 0.05) is 23.6 Å². The van der Waals surface area contributed by atoms with E-state index in [0.717, 1.165) is 49.3 Å². The summed E-state index contributed by atoms with van der Waals surface area (Å²) in [4.78, 5) is 3.16. The quantitative estimate of drug-likeness (QED) is 0.453. The Hall–Kier alpha value is -2.27. The third-order valence-corrected chi connectivity index (χ3v) is 8.43. The van der Waals surface area contributed by atoms with E-state index in [1.165, 1.54) is 11.9 Å². The highest BCUT2D eigenvalue weighted by molar-refractivity contribution is 7.93. The van der Waals surface area contributed by atoms with Gasteiger partial charge in [-0.1, -0.05) is 41.9 Å². The Labute approximate surface area is 201 Å². The number of aromatic nitrogens is 2. The normalized spacial score (nSPS) is 21.0. The van der Waals surface area contributed by atoms with Crippen LogP contribution in [0.1, 0.15) is 37.7 Å². The monoisotopic (exact) mass is 510 g/mol. The lowest BCUT2D eigenvalue weighted by molar-refractivity contribution is 0.200. The van der Waals surface area contributed by atoms with Crippen molar-refractivity contribution >= 4 is 38.3 Å². The van der Waals surface area contributed by atoms with Crippen molar-refractivity contribution in [1.82, 2.24) is 9.36 Å². The number of rotatable bonds is 8. The number of sulfonamides is 1. The standard InChI is InChI=1S/C22H24ClFN4O3S2/c23-17-12-20(33(29,30)28-21-26-14-27-32-21)18(24)13-19(17)31-11-10-22(8-6-16(25)7-9-22)15-4-2-1-3-5-15/h1-5,12-14,16H,6-11,25H2,(H,26,27,28). The fourth-order valence-corrected chi connectivity index (χ4v) is 6.27. The summed E-state index contributed by atoms with van der Waals surface area (Å²) in [5, 5.41) is 0.0396. The van der Waals surface area contributed by atoms with E-state index < -0.39 is 20.7 Å². The largest absolute Gasteiger partial charge is 0.492 e. The van der Waals surface area contributed by atoms with Crippen molar-refractivity contribution in [3.63, 3.8) is 0 Å². The Kier molecular flexibility index (Phi) is 7.18. The minimum absolute atomic E-state index is 0.00784. The molecule has 1 heterocycles. The van der Waals surface area contributed by atoms with Gasteiger partial charge in [-0.25, -0.2) is 17.8 Å². The van der Waals surface area contributed by atoms with Crippen molar-refractivity contribution in [2.24, 2.45) is 5.73 Å². The molecular weight excluding hydrogens is 487 g/mol. The minimum atomic E-state index is -4.21. The molecule has 4 rings (SSSR count). The summed E-state index contributed by atoms with van der Waals surface area (Å²) in [6, 6.07) is 12.5. The highest BCUT2D eigenvalue weighted by Crippen LogP contribution is 2.42. The fraction of sp³-hybridized carbons (Fsp3) is 0.364. The number of nitrogens with one attached hydrogen (secondary N) is 1. The highest BCUT2D eigenvalue weighted by atomic mass is 35.5. The fourth-order valence-electron chi connectivity index (χ4n) is 4.24. The summed E-state index contributed by atoms with van der Waals surface area (Å²) in [6.07, 6.45) is 5.65. The molecule has 0 atom stereocenters. The molecule has 0 bridgehead atoms. The summed E-state index contributed by atoms with van der Waals surface area (Å²) in [5.41, 5.74) is 7.30. The van der Waals surface area contributed by atoms with Gasteiger partial charge in [-0.2, -0.15) is 4.37 Å². The van der Waals surface area contributed by atoms with Crippen LogP contribution in [0.25, 0.3) is 0 Å². The topological polar surface area (TPSA) is 107 Å². The maximum absolute atomic E-state index is 14.7. The van der Waals surface area contributed by atoms with E-state index in [-0.39, 0.29) is 27.4 Å². The van der Waals surface area contributed by atoms with Gasteiger partial charge in [0.2, 0.25) is 5.13 Å². The smallest absolute Gasteiger partial charge is 0.266 e. The third kappa shape index (κ3) is 5.46. The van der Waals surface area contributed by atoms with Crippen LogP contribution >= 0.6 is 23.1 Å². The zero-order valence-electron chi connectivity index (χ0n) is 17.7. The molecular formula is C22H24ClFN4O3S2. The molecule has 0 unspecified atom stereocenters. The van der Waals surface area contributed by atoms with E-state index in [1.807, 2.05) is 18.2 Å². The maximum atomic E-state index is 14.7. The molecule has 11 heteroatoms. The summed E-state index contributed by atoms with van der Waals surface area (Å²) in [5.74, 6) is -0.868. The van der Waals surface area contributed by atoms with Gasteiger partial charge < -0.3 is 10.5 Å².